The summed E-state index contributed by atoms with van der Waals surface area (Å²) in [4.78, 5) is 4.39. The first kappa shape index (κ1) is 13.8. The fraction of sp³-hybridized carbons (Fsp3) is 0.200. The number of nitrogens with one attached hydrogen (secondary N) is 1. The van der Waals surface area contributed by atoms with Gasteiger partial charge in [-0.25, -0.2) is 9.37 Å². The fourth-order valence-corrected chi connectivity index (χ4v) is 2.00. The summed E-state index contributed by atoms with van der Waals surface area (Å²) in [5.41, 5.74) is 2.55. The van der Waals surface area contributed by atoms with E-state index in [1.165, 1.54) is 13.2 Å². The first-order valence-electron chi connectivity index (χ1n) is 6.04. The molecule has 1 aromatic carbocycles. The second-order valence-corrected chi connectivity index (χ2v) is 4.26. The first-order valence-corrected chi connectivity index (χ1v) is 6.04. The van der Waals surface area contributed by atoms with Crippen molar-refractivity contribution in [1.29, 1.82) is 5.26 Å². The number of rotatable bonds is 3. The molecule has 0 spiro atoms. The van der Waals surface area contributed by atoms with Crippen LogP contribution in [0.25, 0.3) is 11.3 Å². The minimum Gasteiger partial charge on any atom is -0.494 e. The van der Waals surface area contributed by atoms with Crippen molar-refractivity contribution in [2.45, 2.75) is 6.92 Å². The molecule has 0 saturated carbocycles. The van der Waals surface area contributed by atoms with Crippen molar-refractivity contribution in [3.63, 3.8) is 0 Å². The Bertz CT molecular complexity index is 692. The van der Waals surface area contributed by atoms with E-state index in [0.717, 1.165) is 5.56 Å². The summed E-state index contributed by atoms with van der Waals surface area (Å²) in [6.45, 7) is 1.84. The van der Waals surface area contributed by atoms with Gasteiger partial charge in [0.15, 0.2) is 11.6 Å². The summed E-state index contributed by atoms with van der Waals surface area (Å²) in [7, 11) is 3.11. The van der Waals surface area contributed by atoms with Crippen molar-refractivity contribution < 1.29 is 9.13 Å². The van der Waals surface area contributed by atoms with Crippen molar-refractivity contribution in [2.24, 2.45) is 0 Å². The minimum absolute atomic E-state index is 0.189. The Balaban J connectivity index is 2.58. The van der Waals surface area contributed by atoms with Crippen LogP contribution in [0.1, 0.15) is 11.1 Å². The lowest BCUT2D eigenvalue weighted by atomic mass is 10.0. The van der Waals surface area contributed by atoms with E-state index in [9.17, 15) is 4.39 Å². The highest BCUT2D eigenvalue weighted by Crippen LogP contribution is 2.28. The Labute approximate surface area is 116 Å². The summed E-state index contributed by atoms with van der Waals surface area (Å²) in [6.07, 6.45) is 0. The topological polar surface area (TPSA) is 57.9 Å². The average Bonchev–Trinajstić information content (AvgIpc) is 2.46. The molecule has 20 heavy (non-hydrogen) atoms. The van der Waals surface area contributed by atoms with Crippen LogP contribution in [-0.2, 0) is 0 Å². The van der Waals surface area contributed by atoms with Gasteiger partial charge in [-0.1, -0.05) is 0 Å². The van der Waals surface area contributed by atoms with Crippen molar-refractivity contribution in [3.8, 4) is 23.1 Å². The van der Waals surface area contributed by atoms with Crippen LogP contribution in [0, 0.1) is 24.1 Å². The van der Waals surface area contributed by atoms with Gasteiger partial charge in [-0.05, 0) is 36.8 Å². The second kappa shape index (κ2) is 5.57. The fourth-order valence-electron chi connectivity index (χ4n) is 2.00. The van der Waals surface area contributed by atoms with E-state index in [4.69, 9.17) is 10.00 Å². The van der Waals surface area contributed by atoms with Gasteiger partial charge in [0, 0.05) is 12.6 Å². The maximum Gasteiger partial charge on any atom is 0.165 e. The van der Waals surface area contributed by atoms with Gasteiger partial charge in [0.05, 0.1) is 18.4 Å². The van der Waals surface area contributed by atoms with E-state index in [2.05, 4.69) is 16.4 Å². The highest BCUT2D eigenvalue weighted by Gasteiger charge is 2.12. The van der Waals surface area contributed by atoms with Gasteiger partial charge in [0.1, 0.15) is 11.9 Å². The van der Waals surface area contributed by atoms with Crippen LogP contribution in [0.5, 0.6) is 5.75 Å². The Morgan fingerprint density at radius 1 is 1.35 bits per heavy atom. The number of aromatic nitrogens is 1. The Morgan fingerprint density at radius 3 is 2.65 bits per heavy atom. The number of nitrogens with zero attached hydrogens (tertiary/aromatic N) is 2. The van der Waals surface area contributed by atoms with E-state index >= 15 is 0 Å². The number of hydrogen-bond donors (Lipinski definition) is 1. The van der Waals surface area contributed by atoms with E-state index in [-0.39, 0.29) is 5.75 Å². The van der Waals surface area contributed by atoms with Crippen LogP contribution in [0.2, 0.25) is 0 Å². The largest absolute Gasteiger partial charge is 0.494 e. The van der Waals surface area contributed by atoms with Crippen LogP contribution in [0.15, 0.2) is 24.3 Å². The molecule has 102 valence electrons. The van der Waals surface area contributed by atoms with Crippen LogP contribution in [0.3, 0.4) is 0 Å². The number of benzene rings is 1. The third kappa shape index (κ3) is 2.41. The molecule has 0 saturated heterocycles. The van der Waals surface area contributed by atoms with Gasteiger partial charge in [0.2, 0.25) is 0 Å². The molecule has 0 bridgehead atoms. The predicted molar refractivity (Wildman–Crippen MR) is 75.2 cm³/mol. The molecule has 0 aliphatic heterocycles. The molecule has 0 radical (unpaired) electrons. The molecule has 2 rings (SSSR count). The summed E-state index contributed by atoms with van der Waals surface area (Å²) < 4.78 is 18.7. The molecule has 0 amide bonds. The lowest BCUT2D eigenvalue weighted by molar-refractivity contribution is 0.386. The highest BCUT2D eigenvalue weighted by molar-refractivity contribution is 5.68. The molecule has 1 heterocycles. The molecular formula is C15H14FN3O. The zero-order valence-corrected chi connectivity index (χ0v) is 11.5. The Morgan fingerprint density at radius 2 is 2.10 bits per heavy atom. The van der Waals surface area contributed by atoms with Crippen molar-refractivity contribution in [2.75, 3.05) is 19.5 Å². The van der Waals surface area contributed by atoms with E-state index in [0.29, 0.717) is 22.6 Å². The summed E-state index contributed by atoms with van der Waals surface area (Å²) in [6, 6.07) is 8.48. The number of ether oxygens (including phenoxy) is 1. The number of aryl methyl sites for hydroxylation is 1. The summed E-state index contributed by atoms with van der Waals surface area (Å²) in [5, 5.41) is 11.9. The van der Waals surface area contributed by atoms with E-state index in [1.54, 1.807) is 25.2 Å². The smallest absolute Gasteiger partial charge is 0.165 e. The zero-order valence-electron chi connectivity index (χ0n) is 11.5. The second-order valence-electron chi connectivity index (χ2n) is 4.26. The first-order chi connectivity index (χ1) is 9.60. The zero-order chi connectivity index (χ0) is 14.7. The highest BCUT2D eigenvalue weighted by atomic mass is 19.1. The normalized spacial score (nSPS) is 9.95. The molecule has 0 fully saturated rings. The molecule has 1 N–H and O–H groups in total. The Hall–Kier alpha value is -2.61. The molecule has 1 aromatic heterocycles. The number of anilines is 1. The number of methoxy groups -OCH3 is 1. The van der Waals surface area contributed by atoms with Gasteiger partial charge in [-0.2, -0.15) is 5.26 Å². The molecule has 5 heteroatoms. The van der Waals surface area contributed by atoms with Gasteiger partial charge in [-0.15, -0.1) is 0 Å². The maximum atomic E-state index is 13.8. The molecule has 0 unspecified atom stereocenters. The SMILES string of the molecule is CNc1nc(-c2ccc(OC)c(F)c2)c(C)cc1C#N. The standard InChI is InChI=1S/C15H14FN3O/c1-9-6-11(8-17)15(18-2)19-14(9)10-4-5-13(20-3)12(16)7-10/h4-7H,1-3H3,(H,18,19). The van der Waals surface area contributed by atoms with Gasteiger partial charge < -0.3 is 10.1 Å². The number of nitriles is 1. The van der Waals surface area contributed by atoms with Crippen LogP contribution >= 0.6 is 0 Å². The summed E-state index contributed by atoms with van der Waals surface area (Å²) in [5.74, 6) is 0.222. The quantitative estimate of drug-likeness (QED) is 0.931. The van der Waals surface area contributed by atoms with Gasteiger partial charge >= 0.3 is 0 Å². The molecular weight excluding hydrogens is 257 g/mol. The van der Waals surface area contributed by atoms with Crippen molar-refractivity contribution in [1.82, 2.24) is 4.98 Å². The predicted octanol–water partition coefficient (Wildman–Crippen LogP) is 3.12. The molecule has 0 aliphatic rings. The van der Waals surface area contributed by atoms with Crippen LogP contribution in [0.4, 0.5) is 10.2 Å². The molecule has 0 aliphatic carbocycles. The van der Waals surface area contributed by atoms with Gasteiger partial charge in [0.25, 0.3) is 0 Å². The summed E-state index contributed by atoms with van der Waals surface area (Å²) >= 11 is 0. The Kier molecular flexibility index (Phi) is 3.85. The number of pyridine rings is 1. The van der Waals surface area contributed by atoms with Crippen LogP contribution < -0.4 is 10.1 Å². The maximum absolute atomic E-state index is 13.8. The third-order valence-electron chi connectivity index (χ3n) is 3.00. The molecule has 0 atom stereocenters. The molecule has 4 nitrogen and oxygen atoms in total. The lowest BCUT2D eigenvalue weighted by Gasteiger charge is -2.11. The monoisotopic (exact) mass is 271 g/mol. The third-order valence-corrected chi connectivity index (χ3v) is 3.00. The van der Waals surface area contributed by atoms with Gasteiger partial charge in [-0.3, -0.25) is 0 Å². The van der Waals surface area contributed by atoms with Crippen molar-refractivity contribution >= 4 is 5.82 Å². The van der Waals surface area contributed by atoms with E-state index in [1.807, 2.05) is 6.92 Å². The van der Waals surface area contributed by atoms with Crippen LogP contribution in [-0.4, -0.2) is 19.1 Å². The minimum atomic E-state index is -0.443. The number of halogens is 1. The molecule has 2 aromatic rings. The average molecular weight is 271 g/mol. The lowest BCUT2D eigenvalue weighted by Crippen LogP contribution is -2.00. The van der Waals surface area contributed by atoms with E-state index < -0.39 is 5.82 Å². The van der Waals surface area contributed by atoms with Crippen molar-refractivity contribution in [3.05, 3.63) is 41.2 Å². The number of hydrogen-bond acceptors (Lipinski definition) is 4.